The van der Waals surface area contributed by atoms with Gasteiger partial charge in [-0.05, 0) is 23.8 Å². The first-order valence-electron chi connectivity index (χ1n) is 5.46. The minimum absolute atomic E-state index is 0.226. The normalized spacial score (nSPS) is 10.8. The van der Waals surface area contributed by atoms with Crippen LogP contribution in [0.25, 0.3) is 20.7 Å². The molecular formula is C13H10FN3S. The summed E-state index contributed by atoms with van der Waals surface area (Å²) in [6, 6.07) is 8.46. The molecule has 5 heteroatoms. The summed E-state index contributed by atoms with van der Waals surface area (Å²) in [6.45, 7) is 0. The molecule has 90 valence electrons. The van der Waals surface area contributed by atoms with E-state index in [1.54, 1.807) is 23.5 Å². The van der Waals surface area contributed by atoms with Crippen LogP contribution < -0.4 is 5.32 Å². The third-order valence-corrected chi connectivity index (χ3v) is 3.86. The molecule has 3 aromatic rings. The fourth-order valence-electron chi connectivity index (χ4n) is 1.79. The lowest BCUT2D eigenvalue weighted by Gasteiger charge is -1.97. The van der Waals surface area contributed by atoms with Gasteiger partial charge in [0.2, 0.25) is 0 Å². The third kappa shape index (κ3) is 1.82. The van der Waals surface area contributed by atoms with Crippen molar-refractivity contribution in [2.45, 2.75) is 0 Å². The second-order valence-electron chi connectivity index (χ2n) is 3.80. The van der Waals surface area contributed by atoms with Crippen LogP contribution in [-0.2, 0) is 0 Å². The molecule has 0 unspecified atom stereocenters. The monoisotopic (exact) mass is 259 g/mol. The largest absolute Gasteiger partial charge is 0.372 e. The van der Waals surface area contributed by atoms with Crippen molar-refractivity contribution in [2.75, 3.05) is 12.4 Å². The van der Waals surface area contributed by atoms with Gasteiger partial charge in [-0.1, -0.05) is 12.1 Å². The number of halogens is 1. The molecule has 0 bridgehead atoms. The Morgan fingerprint density at radius 3 is 2.67 bits per heavy atom. The van der Waals surface area contributed by atoms with Crippen LogP contribution in [0.4, 0.5) is 10.2 Å². The summed E-state index contributed by atoms with van der Waals surface area (Å²) >= 11 is 1.60. The molecule has 2 heterocycles. The summed E-state index contributed by atoms with van der Waals surface area (Å²) in [5, 5.41) is 3.04. The van der Waals surface area contributed by atoms with Crippen molar-refractivity contribution in [2.24, 2.45) is 0 Å². The molecule has 0 atom stereocenters. The lowest BCUT2D eigenvalue weighted by atomic mass is 10.2. The Bertz CT molecular complexity index is 691. The van der Waals surface area contributed by atoms with Gasteiger partial charge in [-0.3, -0.25) is 0 Å². The smallest absolute Gasteiger partial charge is 0.147 e. The lowest BCUT2D eigenvalue weighted by Crippen LogP contribution is -1.91. The molecule has 2 aromatic heterocycles. The topological polar surface area (TPSA) is 37.8 Å². The van der Waals surface area contributed by atoms with E-state index in [0.717, 1.165) is 26.5 Å². The Hall–Kier alpha value is -2.01. The van der Waals surface area contributed by atoms with Crippen LogP contribution in [0.2, 0.25) is 0 Å². The first-order valence-corrected chi connectivity index (χ1v) is 6.28. The number of hydrogen-bond acceptors (Lipinski definition) is 4. The predicted octanol–water partition coefficient (Wildman–Crippen LogP) is 3.54. The average Bonchev–Trinajstić information content (AvgIpc) is 2.83. The Kier molecular flexibility index (Phi) is 2.68. The van der Waals surface area contributed by atoms with Crippen molar-refractivity contribution < 1.29 is 4.39 Å². The van der Waals surface area contributed by atoms with E-state index in [1.807, 2.05) is 13.1 Å². The van der Waals surface area contributed by atoms with Gasteiger partial charge in [0.1, 0.15) is 18.0 Å². The Morgan fingerprint density at radius 2 is 1.94 bits per heavy atom. The number of rotatable bonds is 2. The van der Waals surface area contributed by atoms with Gasteiger partial charge >= 0.3 is 0 Å². The highest BCUT2D eigenvalue weighted by atomic mass is 32.1. The van der Waals surface area contributed by atoms with Crippen molar-refractivity contribution in [3.63, 3.8) is 0 Å². The van der Waals surface area contributed by atoms with E-state index in [0.29, 0.717) is 0 Å². The summed E-state index contributed by atoms with van der Waals surface area (Å²) in [5.74, 6) is 0.592. The number of aromatic nitrogens is 2. The van der Waals surface area contributed by atoms with E-state index in [4.69, 9.17) is 0 Å². The lowest BCUT2D eigenvalue weighted by molar-refractivity contribution is 0.628. The molecule has 0 saturated carbocycles. The van der Waals surface area contributed by atoms with Crippen LogP contribution in [0.5, 0.6) is 0 Å². The highest BCUT2D eigenvalue weighted by Gasteiger charge is 2.09. The van der Waals surface area contributed by atoms with E-state index >= 15 is 0 Å². The maximum Gasteiger partial charge on any atom is 0.147 e. The van der Waals surface area contributed by atoms with Crippen molar-refractivity contribution in [3.05, 3.63) is 42.5 Å². The van der Waals surface area contributed by atoms with Gasteiger partial charge in [-0.2, -0.15) is 0 Å². The number of nitrogens with zero attached hydrogens (tertiary/aromatic N) is 2. The molecule has 0 amide bonds. The highest BCUT2D eigenvalue weighted by Crippen LogP contribution is 2.35. The first kappa shape index (κ1) is 11.1. The van der Waals surface area contributed by atoms with Crippen molar-refractivity contribution in [1.29, 1.82) is 0 Å². The third-order valence-electron chi connectivity index (χ3n) is 2.68. The maximum atomic E-state index is 12.9. The number of fused-ring (bicyclic) bond motifs is 1. The van der Waals surface area contributed by atoms with Gasteiger partial charge in [0, 0.05) is 11.9 Å². The van der Waals surface area contributed by atoms with E-state index in [-0.39, 0.29) is 5.82 Å². The van der Waals surface area contributed by atoms with E-state index in [1.165, 1.54) is 18.5 Å². The number of thiophene rings is 1. The Balaban J connectivity index is 2.16. The Labute approximate surface area is 107 Å². The minimum Gasteiger partial charge on any atom is -0.372 e. The zero-order chi connectivity index (χ0) is 12.5. The molecule has 0 aliphatic heterocycles. The molecule has 3 nitrogen and oxygen atoms in total. The van der Waals surface area contributed by atoms with E-state index < -0.39 is 0 Å². The zero-order valence-corrected chi connectivity index (χ0v) is 10.5. The van der Waals surface area contributed by atoms with Gasteiger partial charge in [-0.25, -0.2) is 14.4 Å². The molecular weight excluding hydrogens is 249 g/mol. The van der Waals surface area contributed by atoms with Crippen LogP contribution >= 0.6 is 11.3 Å². The molecule has 0 aliphatic rings. The van der Waals surface area contributed by atoms with Gasteiger partial charge in [0.05, 0.1) is 10.2 Å². The molecule has 0 spiro atoms. The molecule has 1 N–H and O–H groups in total. The standard InChI is InChI=1S/C13H10FN3S/c1-15-13-12-10(16-7-17-13)6-11(18-12)8-2-4-9(14)5-3-8/h2-7H,1H3,(H,15,16,17). The number of benzene rings is 1. The molecule has 18 heavy (non-hydrogen) atoms. The molecule has 3 rings (SSSR count). The Morgan fingerprint density at radius 1 is 1.17 bits per heavy atom. The second kappa shape index (κ2) is 4.34. The maximum absolute atomic E-state index is 12.9. The quantitative estimate of drug-likeness (QED) is 0.765. The van der Waals surface area contributed by atoms with Crippen LogP contribution in [-0.4, -0.2) is 17.0 Å². The SMILES string of the molecule is CNc1ncnc2cc(-c3ccc(F)cc3)sc12. The highest BCUT2D eigenvalue weighted by molar-refractivity contribution is 7.22. The van der Waals surface area contributed by atoms with Gasteiger partial charge in [0.15, 0.2) is 0 Å². The van der Waals surface area contributed by atoms with E-state index in [9.17, 15) is 4.39 Å². The summed E-state index contributed by atoms with van der Waals surface area (Å²) in [7, 11) is 1.83. The summed E-state index contributed by atoms with van der Waals surface area (Å²) < 4.78 is 13.9. The molecule has 0 saturated heterocycles. The van der Waals surface area contributed by atoms with Crippen molar-refractivity contribution in [3.8, 4) is 10.4 Å². The van der Waals surface area contributed by atoms with Crippen LogP contribution in [0, 0.1) is 5.82 Å². The number of hydrogen-bond donors (Lipinski definition) is 1. The molecule has 0 fully saturated rings. The summed E-state index contributed by atoms with van der Waals surface area (Å²) in [4.78, 5) is 9.47. The predicted molar refractivity (Wildman–Crippen MR) is 72.4 cm³/mol. The van der Waals surface area contributed by atoms with Gasteiger partial charge in [-0.15, -0.1) is 11.3 Å². The van der Waals surface area contributed by atoms with Crippen molar-refractivity contribution >= 4 is 27.4 Å². The van der Waals surface area contributed by atoms with E-state index in [2.05, 4.69) is 15.3 Å². The summed E-state index contributed by atoms with van der Waals surface area (Å²) in [6.07, 6.45) is 1.54. The average molecular weight is 259 g/mol. The molecule has 0 aliphatic carbocycles. The molecule has 1 aromatic carbocycles. The summed E-state index contributed by atoms with van der Waals surface area (Å²) in [5.41, 5.74) is 1.89. The van der Waals surface area contributed by atoms with Crippen molar-refractivity contribution in [1.82, 2.24) is 9.97 Å². The number of anilines is 1. The van der Waals surface area contributed by atoms with Gasteiger partial charge < -0.3 is 5.32 Å². The first-order chi connectivity index (χ1) is 8.78. The van der Waals surface area contributed by atoms with Crippen LogP contribution in [0.3, 0.4) is 0 Å². The van der Waals surface area contributed by atoms with Crippen LogP contribution in [0.15, 0.2) is 36.7 Å². The number of nitrogens with one attached hydrogen (secondary N) is 1. The minimum atomic E-state index is -0.226. The fraction of sp³-hybridized carbons (Fsp3) is 0.0769. The molecule has 0 radical (unpaired) electrons. The van der Waals surface area contributed by atoms with Crippen LogP contribution in [0.1, 0.15) is 0 Å². The fourth-order valence-corrected chi connectivity index (χ4v) is 2.90. The second-order valence-corrected chi connectivity index (χ2v) is 4.86. The van der Waals surface area contributed by atoms with Gasteiger partial charge in [0.25, 0.3) is 0 Å². The zero-order valence-electron chi connectivity index (χ0n) is 9.64.